The van der Waals surface area contributed by atoms with Crippen LogP contribution in [0.5, 0.6) is 0 Å². The van der Waals surface area contributed by atoms with Crippen molar-refractivity contribution in [3.63, 3.8) is 0 Å². The van der Waals surface area contributed by atoms with Gasteiger partial charge in [-0.2, -0.15) is 0 Å². The van der Waals surface area contributed by atoms with Gasteiger partial charge in [-0.1, -0.05) is 19.3 Å². The number of aliphatic carboxylic acids is 1. The predicted octanol–water partition coefficient (Wildman–Crippen LogP) is 0.0260. The lowest BCUT2D eigenvalue weighted by molar-refractivity contribution is -0.137. The van der Waals surface area contributed by atoms with Crippen LogP contribution in [-0.2, 0) is 24.0 Å². The molecule has 0 spiro atoms. The maximum absolute atomic E-state index is 11.9. The molecular weight excluding hydrogens is 480 g/mol. The second-order valence-electron chi connectivity index (χ2n) is 8.86. The van der Waals surface area contributed by atoms with E-state index in [1.807, 2.05) is 6.92 Å². The Labute approximate surface area is 220 Å². The van der Waals surface area contributed by atoms with Crippen LogP contribution in [0.4, 0.5) is 0 Å². The van der Waals surface area contributed by atoms with Crippen molar-refractivity contribution in [2.24, 2.45) is 0 Å². The van der Waals surface area contributed by atoms with E-state index in [2.05, 4.69) is 31.9 Å². The van der Waals surface area contributed by atoms with E-state index in [9.17, 15) is 24.0 Å². The van der Waals surface area contributed by atoms with E-state index >= 15 is 0 Å². The highest BCUT2D eigenvalue weighted by molar-refractivity contribution is 5.81. The molecule has 12 nitrogen and oxygen atoms in total. The summed E-state index contributed by atoms with van der Waals surface area (Å²) in [6, 6.07) is 0. The first-order chi connectivity index (χ1) is 17.8. The number of carbonyl (C=O) groups excluding carboxylic acids is 4. The number of likely N-dealkylation sites (N-methyl/N-ethyl adjacent to an activating group) is 1. The number of carbonyl (C=O) groups is 5. The Morgan fingerprint density at radius 2 is 0.919 bits per heavy atom. The van der Waals surface area contributed by atoms with E-state index < -0.39 is 5.97 Å². The van der Waals surface area contributed by atoms with Gasteiger partial charge < -0.3 is 31.7 Å². The Kier molecular flexibility index (Phi) is 23.1. The molecule has 0 aliphatic carbocycles. The largest absolute Gasteiger partial charge is 0.481 e. The third-order valence-corrected chi connectivity index (χ3v) is 5.38. The third-order valence-electron chi connectivity index (χ3n) is 5.38. The Morgan fingerprint density at radius 1 is 0.486 bits per heavy atom. The van der Waals surface area contributed by atoms with Crippen molar-refractivity contribution in [3.8, 4) is 0 Å². The zero-order chi connectivity index (χ0) is 27.6. The van der Waals surface area contributed by atoms with Gasteiger partial charge in [0, 0.05) is 39.0 Å². The average molecular weight is 529 g/mol. The van der Waals surface area contributed by atoms with Crippen molar-refractivity contribution in [1.29, 1.82) is 0 Å². The summed E-state index contributed by atoms with van der Waals surface area (Å²) in [6.45, 7) is 5.42. The second kappa shape index (κ2) is 24.9. The molecule has 0 aromatic carbocycles. The molecule has 0 saturated carbocycles. The number of nitrogens with one attached hydrogen (secondary N) is 6. The molecular formula is C25H48N6O6. The highest BCUT2D eigenvalue weighted by atomic mass is 16.4. The van der Waals surface area contributed by atoms with Gasteiger partial charge in [-0.3, -0.25) is 29.3 Å². The summed E-state index contributed by atoms with van der Waals surface area (Å²) < 4.78 is 0. The van der Waals surface area contributed by atoms with Gasteiger partial charge >= 0.3 is 5.97 Å². The van der Waals surface area contributed by atoms with E-state index in [-0.39, 0.29) is 43.1 Å². The molecule has 0 aromatic rings. The minimum absolute atomic E-state index is 0.00624. The summed E-state index contributed by atoms with van der Waals surface area (Å²) in [5, 5.41) is 25.6. The lowest BCUT2D eigenvalue weighted by atomic mass is 10.2. The van der Waals surface area contributed by atoms with E-state index in [1.54, 1.807) is 0 Å². The molecule has 12 heteroatoms. The van der Waals surface area contributed by atoms with Crippen LogP contribution in [0, 0.1) is 0 Å². The quantitative estimate of drug-likeness (QED) is 0.0811. The Bertz CT molecular complexity index is 662. The van der Waals surface area contributed by atoms with Gasteiger partial charge in [-0.05, 0) is 52.0 Å². The molecule has 0 fully saturated rings. The lowest BCUT2D eigenvalue weighted by Gasteiger charge is -2.08. The summed E-state index contributed by atoms with van der Waals surface area (Å²) in [5.41, 5.74) is 0. The van der Waals surface area contributed by atoms with Crippen molar-refractivity contribution in [3.05, 3.63) is 0 Å². The Balaban J connectivity index is 3.43. The predicted molar refractivity (Wildman–Crippen MR) is 142 cm³/mol. The van der Waals surface area contributed by atoms with Crippen LogP contribution in [0.15, 0.2) is 0 Å². The summed E-state index contributed by atoms with van der Waals surface area (Å²) in [5.74, 6) is -1.14. The van der Waals surface area contributed by atoms with Crippen molar-refractivity contribution < 1.29 is 29.1 Å². The van der Waals surface area contributed by atoms with E-state index in [0.29, 0.717) is 45.6 Å². The molecule has 0 saturated heterocycles. The van der Waals surface area contributed by atoms with E-state index in [0.717, 1.165) is 57.9 Å². The summed E-state index contributed by atoms with van der Waals surface area (Å²) in [4.78, 5) is 57.0. The van der Waals surface area contributed by atoms with Crippen LogP contribution in [0.25, 0.3) is 0 Å². The fraction of sp³-hybridized carbons (Fsp3) is 0.800. The topological polar surface area (TPSA) is 178 Å². The lowest BCUT2D eigenvalue weighted by Crippen LogP contribution is -2.40. The summed E-state index contributed by atoms with van der Waals surface area (Å²) in [6.07, 6.45) is 7.92. The molecule has 0 radical (unpaired) electrons. The fourth-order valence-corrected chi connectivity index (χ4v) is 3.37. The monoisotopic (exact) mass is 528 g/mol. The molecule has 4 amide bonds. The summed E-state index contributed by atoms with van der Waals surface area (Å²) >= 11 is 0. The Hall–Kier alpha value is -2.73. The number of unbranched alkanes of at least 4 members (excludes halogenated alkanes) is 6. The number of hydrogen-bond donors (Lipinski definition) is 7. The molecule has 0 rings (SSSR count). The molecule has 0 aromatic heterocycles. The van der Waals surface area contributed by atoms with Crippen molar-refractivity contribution in [1.82, 2.24) is 31.9 Å². The van der Waals surface area contributed by atoms with Gasteiger partial charge in [0.25, 0.3) is 0 Å². The number of carboxylic acid groups (broad SMARTS) is 1. The highest BCUT2D eigenvalue weighted by Crippen LogP contribution is 2.00. The molecule has 0 atom stereocenters. The third kappa shape index (κ3) is 26.2. The number of hydrogen-bond acceptors (Lipinski definition) is 7. The van der Waals surface area contributed by atoms with Gasteiger partial charge in [0.15, 0.2) is 0 Å². The van der Waals surface area contributed by atoms with Gasteiger partial charge in [-0.25, -0.2) is 0 Å². The minimum Gasteiger partial charge on any atom is -0.481 e. The fourth-order valence-electron chi connectivity index (χ4n) is 3.37. The first-order valence-corrected chi connectivity index (χ1v) is 13.5. The SMILES string of the molecule is CCNC(=O)CNCCCCCNC(=O)CCCCCNC(=O)CNCC(=O)NCCCCCC(=O)O. The van der Waals surface area contributed by atoms with Gasteiger partial charge in [0.05, 0.1) is 19.6 Å². The second-order valence-corrected chi connectivity index (χ2v) is 8.86. The van der Waals surface area contributed by atoms with E-state index in [4.69, 9.17) is 5.11 Å². The molecule has 0 bridgehead atoms. The molecule has 214 valence electrons. The number of carboxylic acids is 1. The zero-order valence-corrected chi connectivity index (χ0v) is 22.4. The van der Waals surface area contributed by atoms with Crippen LogP contribution in [0.3, 0.4) is 0 Å². The number of rotatable bonds is 25. The minimum atomic E-state index is -0.811. The molecule has 37 heavy (non-hydrogen) atoms. The standard InChI is InChI=1S/C25H48N6O6/c1-2-28-22(33)18-26-14-8-5-11-15-29-21(32)12-6-3-9-16-30-23(34)19-27-20-24(35)31-17-10-4-7-13-25(36)37/h26-27H,2-20H2,1H3,(H,28,33)(H,29,32)(H,30,34)(H,31,35)(H,36,37). The van der Waals surface area contributed by atoms with Gasteiger partial charge in [0.1, 0.15) is 0 Å². The summed E-state index contributed by atoms with van der Waals surface area (Å²) in [7, 11) is 0. The Morgan fingerprint density at radius 3 is 1.46 bits per heavy atom. The smallest absolute Gasteiger partial charge is 0.303 e. The zero-order valence-electron chi connectivity index (χ0n) is 22.4. The molecule has 7 N–H and O–H groups in total. The maximum Gasteiger partial charge on any atom is 0.303 e. The molecule has 0 aliphatic heterocycles. The maximum atomic E-state index is 11.9. The number of amides is 4. The van der Waals surface area contributed by atoms with Gasteiger partial charge in [0.2, 0.25) is 23.6 Å². The van der Waals surface area contributed by atoms with E-state index in [1.165, 1.54) is 0 Å². The normalized spacial score (nSPS) is 10.5. The van der Waals surface area contributed by atoms with Crippen LogP contribution in [0.2, 0.25) is 0 Å². The molecule has 0 aliphatic rings. The van der Waals surface area contributed by atoms with Crippen molar-refractivity contribution >= 4 is 29.6 Å². The molecule has 0 unspecified atom stereocenters. The highest BCUT2D eigenvalue weighted by Gasteiger charge is 2.05. The van der Waals surface area contributed by atoms with Crippen molar-refractivity contribution in [2.75, 3.05) is 52.4 Å². The van der Waals surface area contributed by atoms with Crippen LogP contribution in [0.1, 0.15) is 77.6 Å². The van der Waals surface area contributed by atoms with Crippen LogP contribution in [-0.4, -0.2) is 87.1 Å². The molecule has 0 heterocycles. The first kappa shape index (κ1) is 34.3. The van der Waals surface area contributed by atoms with Gasteiger partial charge in [-0.15, -0.1) is 0 Å². The first-order valence-electron chi connectivity index (χ1n) is 13.5. The average Bonchev–Trinajstić information content (AvgIpc) is 2.85. The van der Waals surface area contributed by atoms with Crippen molar-refractivity contribution in [2.45, 2.75) is 77.6 Å². The van der Waals surface area contributed by atoms with Crippen LogP contribution >= 0.6 is 0 Å². The van der Waals surface area contributed by atoms with Crippen LogP contribution < -0.4 is 31.9 Å².